The van der Waals surface area contributed by atoms with Gasteiger partial charge in [0.1, 0.15) is 5.54 Å². The second-order valence-electron chi connectivity index (χ2n) is 4.49. The third-order valence-corrected chi connectivity index (χ3v) is 3.31. The Bertz CT molecular complexity index is 210. The molecule has 0 bridgehead atoms. The highest BCUT2D eigenvalue weighted by Crippen LogP contribution is 2.31. The van der Waals surface area contributed by atoms with Crippen molar-refractivity contribution >= 4 is 5.97 Å². The summed E-state index contributed by atoms with van der Waals surface area (Å²) in [5.74, 6) is -0.0628. The van der Waals surface area contributed by atoms with Crippen LogP contribution in [0.4, 0.5) is 0 Å². The molecule has 0 aromatic rings. The first kappa shape index (κ1) is 12.5. The Morgan fingerprint density at radius 1 is 1.53 bits per heavy atom. The van der Waals surface area contributed by atoms with Crippen molar-refractivity contribution in [1.82, 2.24) is 5.32 Å². The van der Waals surface area contributed by atoms with Crippen molar-refractivity contribution in [3.63, 3.8) is 0 Å². The van der Waals surface area contributed by atoms with Crippen molar-refractivity contribution < 1.29 is 14.6 Å². The molecule has 88 valence electrons. The van der Waals surface area contributed by atoms with E-state index in [0.29, 0.717) is 19.1 Å². The third-order valence-electron chi connectivity index (χ3n) is 3.31. The first-order valence-electron chi connectivity index (χ1n) is 5.58. The highest BCUT2D eigenvalue weighted by molar-refractivity contribution is 5.78. The second kappa shape index (κ2) is 5.47. The van der Waals surface area contributed by atoms with Crippen LogP contribution in [0.5, 0.6) is 0 Å². The lowest BCUT2D eigenvalue weighted by molar-refractivity contribution is -0.146. The number of carboxylic acids is 1. The zero-order valence-electron chi connectivity index (χ0n) is 9.58. The van der Waals surface area contributed by atoms with Gasteiger partial charge in [-0.3, -0.25) is 10.1 Å². The van der Waals surface area contributed by atoms with Crippen molar-refractivity contribution in [2.24, 2.45) is 5.92 Å². The Morgan fingerprint density at radius 2 is 2.13 bits per heavy atom. The molecule has 15 heavy (non-hydrogen) atoms. The molecular formula is C11H21NO3. The predicted octanol–water partition coefficient (Wildman–Crippen LogP) is 1.26. The van der Waals surface area contributed by atoms with E-state index in [1.807, 2.05) is 0 Å². The molecule has 0 spiro atoms. The first-order valence-corrected chi connectivity index (χ1v) is 5.58. The Hall–Kier alpha value is -0.610. The van der Waals surface area contributed by atoms with E-state index < -0.39 is 11.5 Å². The van der Waals surface area contributed by atoms with Gasteiger partial charge in [-0.25, -0.2) is 0 Å². The van der Waals surface area contributed by atoms with Gasteiger partial charge in [-0.05, 0) is 31.6 Å². The van der Waals surface area contributed by atoms with Gasteiger partial charge in [0.2, 0.25) is 0 Å². The molecule has 0 saturated heterocycles. The molecule has 0 aromatic heterocycles. The number of nitrogens with one attached hydrogen (secondary N) is 1. The highest BCUT2D eigenvalue weighted by Gasteiger charge is 2.40. The molecule has 0 unspecified atom stereocenters. The zero-order chi connectivity index (χ0) is 11.3. The Balaban J connectivity index is 2.51. The number of hydrogen-bond acceptors (Lipinski definition) is 3. The second-order valence-corrected chi connectivity index (χ2v) is 4.49. The molecule has 0 amide bonds. The van der Waals surface area contributed by atoms with Gasteiger partial charge < -0.3 is 9.84 Å². The van der Waals surface area contributed by atoms with E-state index in [1.165, 1.54) is 0 Å². The minimum Gasteiger partial charge on any atom is -0.480 e. The number of ether oxygens (including phenoxy) is 1. The molecule has 1 saturated carbocycles. The van der Waals surface area contributed by atoms with Crippen molar-refractivity contribution in [1.29, 1.82) is 0 Å². The van der Waals surface area contributed by atoms with Crippen LogP contribution in [0.2, 0.25) is 0 Å². The smallest absolute Gasteiger partial charge is 0.323 e. The third kappa shape index (κ3) is 3.18. The topological polar surface area (TPSA) is 58.6 Å². The fourth-order valence-corrected chi connectivity index (χ4v) is 2.11. The standard InChI is InChI=1S/C11H21NO3/c1-9-3-5-11(6-4-9,10(13)14)12-7-8-15-2/h9,12H,3-8H2,1-2H3,(H,13,14). The molecule has 4 heteroatoms. The largest absolute Gasteiger partial charge is 0.480 e. The number of rotatable bonds is 5. The van der Waals surface area contributed by atoms with Crippen molar-refractivity contribution in [3.05, 3.63) is 0 Å². The van der Waals surface area contributed by atoms with Crippen LogP contribution >= 0.6 is 0 Å². The van der Waals surface area contributed by atoms with Crippen molar-refractivity contribution in [3.8, 4) is 0 Å². The summed E-state index contributed by atoms with van der Waals surface area (Å²) in [6, 6.07) is 0. The maximum Gasteiger partial charge on any atom is 0.323 e. The molecule has 0 aromatic carbocycles. The molecule has 1 rings (SSSR count). The van der Waals surface area contributed by atoms with Gasteiger partial charge in [0.15, 0.2) is 0 Å². The Morgan fingerprint density at radius 3 is 2.60 bits per heavy atom. The van der Waals surface area contributed by atoms with Crippen LogP contribution in [0.1, 0.15) is 32.6 Å². The van der Waals surface area contributed by atoms with Crippen LogP contribution in [0.15, 0.2) is 0 Å². The van der Waals surface area contributed by atoms with Crippen LogP contribution < -0.4 is 5.32 Å². The summed E-state index contributed by atoms with van der Waals surface area (Å²) in [4.78, 5) is 11.3. The van der Waals surface area contributed by atoms with Gasteiger partial charge in [0.25, 0.3) is 0 Å². The van der Waals surface area contributed by atoms with E-state index in [9.17, 15) is 9.90 Å². The lowest BCUT2D eigenvalue weighted by Gasteiger charge is -2.36. The molecule has 0 aliphatic heterocycles. The van der Waals surface area contributed by atoms with E-state index in [0.717, 1.165) is 25.7 Å². The zero-order valence-corrected chi connectivity index (χ0v) is 9.58. The average molecular weight is 215 g/mol. The molecule has 0 atom stereocenters. The number of methoxy groups -OCH3 is 1. The predicted molar refractivity (Wildman–Crippen MR) is 57.9 cm³/mol. The molecule has 0 heterocycles. The summed E-state index contributed by atoms with van der Waals surface area (Å²) < 4.78 is 4.92. The SMILES string of the molecule is COCCNC1(C(=O)O)CCC(C)CC1. The minimum atomic E-state index is -0.717. The summed E-state index contributed by atoms with van der Waals surface area (Å²) in [5.41, 5.74) is -0.703. The number of hydrogen-bond donors (Lipinski definition) is 2. The van der Waals surface area contributed by atoms with Crippen molar-refractivity contribution in [2.75, 3.05) is 20.3 Å². The van der Waals surface area contributed by atoms with Crippen LogP contribution in [-0.2, 0) is 9.53 Å². The van der Waals surface area contributed by atoms with Gasteiger partial charge >= 0.3 is 5.97 Å². The van der Waals surface area contributed by atoms with Gasteiger partial charge in [0, 0.05) is 13.7 Å². The Kier molecular flexibility index (Phi) is 4.54. The summed E-state index contributed by atoms with van der Waals surface area (Å²) in [7, 11) is 1.62. The average Bonchev–Trinajstić information content (AvgIpc) is 2.21. The maximum atomic E-state index is 11.3. The van der Waals surface area contributed by atoms with Gasteiger partial charge in [0.05, 0.1) is 6.61 Å². The summed E-state index contributed by atoms with van der Waals surface area (Å²) in [6.45, 7) is 3.35. The lowest BCUT2D eigenvalue weighted by atomic mass is 9.77. The van der Waals surface area contributed by atoms with Gasteiger partial charge in [-0.15, -0.1) is 0 Å². The first-order chi connectivity index (χ1) is 7.10. The Labute approximate surface area is 91.0 Å². The van der Waals surface area contributed by atoms with E-state index in [2.05, 4.69) is 12.2 Å². The van der Waals surface area contributed by atoms with E-state index in [-0.39, 0.29) is 0 Å². The van der Waals surface area contributed by atoms with Gasteiger partial charge in [-0.1, -0.05) is 6.92 Å². The lowest BCUT2D eigenvalue weighted by Crippen LogP contribution is -2.54. The normalized spacial score (nSPS) is 31.5. The van der Waals surface area contributed by atoms with E-state index >= 15 is 0 Å². The van der Waals surface area contributed by atoms with Crippen LogP contribution in [0.25, 0.3) is 0 Å². The molecule has 1 fully saturated rings. The minimum absolute atomic E-state index is 0.560. The maximum absolute atomic E-state index is 11.3. The highest BCUT2D eigenvalue weighted by atomic mass is 16.5. The quantitative estimate of drug-likeness (QED) is 0.678. The molecular weight excluding hydrogens is 194 g/mol. The van der Waals surface area contributed by atoms with Crippen molar-refractivity contribution in [2.45, 2.75) is 38.1 Å². The summed E-state index contributed by atoms with van der Waals surface area (Å²) >= 11 is 0. The fourth-order valence-electron chi connectivity index (χ4n) is 2.11. The number of carbonyl (C=O) groups is 1. The van der Waals surface area contributed by atoms with Gasteiger partial charge in [-0.2, -0.15) is 0 Å². The molecule has 2 N–H and O–H groups in total. The number of carboxylic acid groups (broad SMARTS) is 1. The van der Waals surface area contributed by atoms with E-state index in [1.54, 1.807) is 7.11 Å². The number of aliphatic carboxylic acids is 1. The summed E-state index contributed by atoms with van der Waals surface area (Å²) in [5, 5.41) is 12.4. The molecule has 1 aliphatic rings. The van der Waals surface area contributed by atoms with Crippen LogP contribution in [-0.4, -0.2) is 36.9 Å². The van der Waals surface area contributed by atoms with E-state index in [4.69, 9.17) is 4.74 Å². The molecule has 0 radical (unpaired) electrons. The monoisotopic (exact) mass is 215 g/mol. The molecule has 1 aliphatic carbocycles. The van der Waals surface area contributed by atoms with Crippen LogP contribution in [0, 0.1) is 5.92 Å². The van der Waals surface area contributed by atoms with Crippen LogP contribution in [0.3, 0.4) is 0 Å². The fraction of sp³-hybridized carbons (Fsp3) is 0.909. The summed E-state index contributed by atoms with van der Waals surface area (Å²) in [6.07, 6.45) is 3.44. The molecule has 4 nitrogen and oxygen atoms in total.